The molecular formula is C14H20N6O. The summed E-state index contributed by atoms with van der Waals surface area (Å²) in [5, 5.41) is 12.4. The number of nitrogens with zero attached hydrogens (tertiary/aromatic N) is 6. The molecule has 0 spiro atoms. The first-order valence-electron chi connectivity index (χ1n) is 7.21. The molecule has 7 nitrogen and oxygen atoms in total. The van der Waals surface area contributed by atoms with Crippen molar-refractivity contribution in [1.82, 2.24) is 29.4 Å². The number of rotatable bonds is 3. The minimum Gasteiger partial charge on any atom is -0.333 e. The summed E-state index contributed by atoms with van der Waals surface area (Å²) in [5.41, 5.74) is 2.07. The molecule has 0 aromatic carbocycles. The molecule has 0 fully saturated rings. The quantitative estimate of drug-likeness (QED) is 0.836. The fraction of sp³-hybridized carbons (Fsp3) is 0.571. The van der Waals surface area contributed by atoms with Crippen LogP contribution in [0.25, 0.3) is 0 Å². The van der Waals surface area contributed by atoms with Crippen molar-refractivity contribution in [3.05, 3.63) is 29.6 Å². The van der Waals surface area contributed by atoms with E-state index in [1.54, 1.807) is 6.33 Å². The van der Waals surface area contributed by atoms with Gasteiger partial charge in [0.1, 0.15) is 6.33 Å². The molecule has 1 amide bonds. The summed E-state index contributed by atoms with van der Waals surface area (Å²) >= 11 is 0. The van der Waals surface area contributed by atoms with Gasteiger partial charge in [-0.15, -0.1) is 10.2 Å². The molecule has 0 saturated heterocycles. The van der Waals surface area contributed by atoms with Gasteiger partial charge in [-0.05, 0) is 19.9 Å². The summed E-state index contributed by atoms with van der Waals surface area (Å²) in [4.78, 5) is 14.4. The Labute approximate surface area is 123 Å². The zero-order valence-corrected chi connectivity index (χ0v) is 12.7. The van der Waals surface area contributed by atoms with Crippen molar-refractivity contribution < 1.29 is 4.79 Å². The van der Waals surface area contributed by atoms with E-state index in [9.17, 15) is 4.79 Å². The van der Waals surface area contributed by atoms with Crippen LogP contribution in [0.15, 0.2) is 12.4 Å². The first-order chi connectivity index (χ1) is 10.0. The minimum absolute atomic E-state index is 0.0996. The largest absolute Gasteiger partial charge is 0.333 e. The van der Waals surface area contributed by atoms with E-state index < -0.39 is 0 Å². The third-order valence-corrected chi connectivity index (χ3v) is 3.92. The molecule has 21 heavy (non-hydrogen) atoms. The van der Waals surface area contributed by atoms with Gasteiger partial charge in [-0.3, -0.25) is 9.48 Å². The number of hydrogen-bond donors (Lipinski definition) is 0. The van der Waals surface area contributed by atoms with Crippen LogP contribution in [0.5, 0.6) is 0 Å². The van der Waals surface area contributed by atoms with Crippen LogP contribution in [0, 0.1) is 19.8 Å². The van der Waals surface area contributed by atoms with Crippen molar-refractivity contribution in [2.75, 3.05) is 6.54 Å². The summed E-state index contributed by atoms with van der Waals surface area (Å²) in [6.07, 6.45) is 1.72. The monoisotopic (exact) mass is 288 g/mol. The van der Waals surface area contributed by atoms with E-state index in [4.69, 9.17) is 0 Å². The second-order valence-corrected chi connectivity index (χ2v) is 5.71. The lowest BCUT2D eigenvalue weighted by atomic mass is 10.1. The number of carbonyl (C=O) groups is 1. The molecule has 112 valence electrons. The highest BCUT2D eigenvalue weighted by Gasteiger charge is 2.26. The number of fused-ring (bicyclic) bond motifs is 1. The number of hydrogen-bond acceptors (Lipinski definition) is 4. The van der Waals surface area contributed by atoms with Gasteiger partial charge < -0.3 is 9.47 Å². The Bertz CT molecular complexity index is 658. The maximum absolute atomic E-state index is 12.6. The van der Waals surface area contributed by atoms with Crippen LogP contribution >= 0.6 is 0 Å². The Morgan fingerprint density at radius 3 is 2.90 bits per heavy atom. The van der Waals surface area contributed by atoms with Crippen LogP contribution in [0.2, 0.25) is 0 Å². The zero-order valence-electron chi connectivity index (χ0n) is 12.7. The van der Waals surface area contributed by atoms with Crippen molar-refractivity contribution in [2.24, 2.45) is 5.92 Å². The van der Waals surface area contributed by atoms with Crippen molar-refractivity contribution in [2.45, 2.75) is 40.4 Å². The van der Waals surface area contributed by atoms with E-state index in [0.29, 0.717) is 19.6 Å². The fourth-order valence-corrected chi connectivity index (χ4v) is 2.76. The predicted molar refractivity (Wildman–Crippen MR) is 76.3 cm³/mol. The SMILES string of the molecule is Cc1cc(C)n(CC(C)C(=O)N2CCn3cnnc3C2)n1. The van der Waals surface area contributed by atoms with E-state index in [1.165, 1.54) is 0 Å². The van der Waals surface area contributed by atoms with Gasteiger partial charge in [0.05, 0.1) is 24.7 Å². The van der Waals surface area contributed by atoms with E-state index in [-0.39, 0.29) is 11.8 Å². The maximum Gasteiger partial charge on any atom is 0.227 e. The van der Waals surface area contributed by atoms with Crippen LogP contribution < -0.4 is 0 Å². The lowest BCUT2D eigenvalue weighted by Crippen LogP contribution is -2.42. The number of amides is 1. The standard InChI is InChI=1S/C14H20N6O/c1-10(7-20-12(3)6-11(2)17-20)14(21)18-4-5-19-9-15-16-13(19)8-18/h6,9-10H,4-5,7-8H2,1-3H3. The van der Waals surface area contributed by atoms with Gasteiger partial charge in [0.15, 0.2) is 5.82 Å². The molecule has 3 heterocycles. The third-order valence-electron chi connectivity index (χ3n) is 3.92. The highest BCUT2D eigenvalue weighted by atomic mass is 16.2. The molecule has 0 saturated carbocycles. The molecular weight excluding hydrogens is 268 g/mol. The molecule has 0 N–H and O–H groups in total. The smallest absolute Gasteiger partial charge is 0.227 e. The van der Waals surface area contributed by atoms with Crippen LogP contribution in [-0.2, 0) is 24.4 Å². The topological polar surface area (TPSA) is 68.8 Å². The summed E-state index contributed by atoms with van der Waals surface area (Å²) in [6.45, 7) is 8.57. The van der Waals surface area contributed by atoms with E-state index >= 15 is 0 Å². The van der Waals surface area contributed by atoms with Crippen molar-refractivity contribution in [3.8, 4) is 0 Å². The van der Waals surface area contributed by atoms with E-state index in [1.807, 2.05) is 41.0 Å². The molecule has 0 aliphatic carbocycles. The Kier molecular flexibility index (Phi) is 3.48. The van der Waals surface area contributed by atoms with Gasteiger partial charge in [0.25, 0.3) is 0 Å². The van der Waals surface area contributed by atoms with Crippen molar-refractivity contribution in [3.63, 3.8) is 0 Å². The van der Waals surface area contributed by atoms with Crippen LogP contribution in [0.4, 0.5) is 0 Å². The number of carbonyl (C=O) groups excluding carboxylic acids is 1. The molecule has 1 aliphatic rings. The first kappa shape index (κ1) is 13.8. The zero-order chi connectivity index (χ0) is 15.0. The summed E-state index contributed by atoms with van der Waals surface area (Å²) in [5.74, 6) is 0.905. The van der Waals surface area contributed by atoms with Gasteiger partial charge in [-0.1, -0.05) is 6.92 Å². The lowest BCUT2D eigenvalue weighted by Gasteiger charge is -2.29. The Balaban J connectivity index is 1.67. The molecule has 2 aromatic rings. The van der Waals surface area contributed by atoms with Crippen molar-refractivity contribution >= 4 is 5.91 Å². The molecule has 1 aliphatic heterocycles. The average molecular weight is 288 g/mol. The minimum atomic E-state index is -0.0996. The van der Waals surface area contributed by atoms with Gasteiger partial charge >= 0.3 is 0 Å². The molecule has 7 heteroatoms. The predicted octanol–water partition coefficient (Wildman–Crippen LogP) is 0.770. The first-order valence-corrected chi connectivity index (χ1v) is 7.21. The molecule has 3 rings (SSSR count). The van der Waals surface area contributed by atoms with E-state index in [0.717, 1.165) is 23.8 Å². The van der Waals surface area contributed by atoms with Crippen LogP contribution in [0.3, 0.4) is 0 Å². The second kappa shape index (κ2) is 5.31. The lowest BCUT2D eigenvalue weighted by molar-refractivity contribution is -0.137. The summed E-state index contributed by atoms with van der Waals surface area (Å²) < 4.78 is 3.90. The second-order valence-electron chi connectivity index (χ2n) is 5.71. The van der Waals surface area contributed by atoms with Crippen molar-refractivity contribution in [1.29, 1.82) is 0 Å². The molecule has 0 radical (unpaired) electrons. The summed E-state index contributed by atoms with van der Waals surface area (Å²) in [7, 11) is 0. The highest BCUT2D eigenvalue weighted by Crippen LogP contribution is 2.14. The van der Waals surface area contributed by atoms with E-state index in [2.05, 4.69) is 15.3 Å². The Hall–Kier alpha value is -2.18. The molecule has 1 atom stereocenters. The van der Waals surface area contributed by atoms with Gasteiger partial charge in [0.2, 0.25) is 5.91 Å². The van der Waals surface area contributed by atoms with Crippen LogP contribution in [0.1, 0.15) is 24.1 Å². The number of aryl methyl sites for hydroxylation is 2. The highest BCUT2D eigenvalue weighted by molar-refractivity contribution is 5.78. The summed E-state index contributed by atoms with van der Waals surface area (Å²) in [6, 6.07) is 2.03. The number of aromatic nitrogens is 5. The van der Waals surface area contributed by atoms with Crippen LogP contribution in [-0.4, -0.2) is 41.9 Å². The Morgan fingerprint density at radius 2 is 2.19 bits per heavy atom. The van der Waals surface area contributed by atoms with Gasteiger partial charge in [0, 0.05) is 18.8 Å². The van der Waals surface area contributed by atoms with Gasteiger partial charge in [-0.25, -0.2) is 0 Å². The molecule has 1 unspecified atom stereocenters. The third kappa shape index (κ3) is 2.68. The maximum atomic E-state index is 12.6. The fourth-order valence-electron chi connectivity index (χ4n) is 2.76. The average Bonchev–Trinajstić information content (AvgIpc) is 3.03. The molecule has 2 aromatic heterocycles. The Morgan fingerprint density at radius 1 is 1.38 bits per heavy atom. The normalized spacial score (nSPS) is 15.9. The molecule has 0 bridgehead atoms. The van der Waals surface area contributed by atoms with Gasteiger partial charge in [-0.2, -0.15) is 5.10 Å².